The predicted molar refractivity (Wildman–Crippen MR) is 89.2 cm³/mol. The van der Waals surface area contributed by atoms with Crippen LogP contribution in [0, 0.1) is 13.8 Å². The summed E-state index contributed by atoms with van der Waals surface area (Å²) in [6.07, 6.45) is 3.23. The highest BCUT2D eigenvalue weighted by Gasteiger charge is 2.45. The highest BCUT2D eigenvalue weighted by molar-refractivity contribution is 5.97. The van der Waals surface area contributed by atoms with Gasteiger partial charge in [-0.1, -0.05) is 24.3 Å². The largest absolute Gasteiger partial charge is 0.481 e. The van der Waals surface area contributed by atoms with Gasteiger partial charge in [-0.2, -0.15) is 0 Å². The summed E-state index contributed by atoms with van der Waals surface area (Å²) in [6.45, 7) is 4.38. The van der Waals surface area contributed by atoms with Crippen LogP contribution in [0.2, 0.25) is 0 Å². The molecule has 1 heterocycles. The van der Waals surface area contributed by atoms with Crippen LogP contribution in [0.4, 0.5) is 0 Å². The quantitative estimate of drug-likeness (QED) is 0.855. The fourth-order valence-electron chi connectivity index (χ4n) is 3.27. The Bertz CT molecular complexity index is 786. The first kappa shape index (κ1) is 16.3. The number of hydrogen-bond acceptors (Lipinski definition) is 3. The van der Waals surface area contributed by atoms with Crippen LogP contribution in [0.25, 0.3) is 0 Å². The van der Waals surface area contributed by atoms with E-state index in [9.17, 15) is 9.59 Å². The number of aryl methyl sites for hydroxylation is 2. The summed E-state index contributed by atoms with van der Waals surface area (Å²) in [7, 11) is 0. The van der Waals surface area contributed by atoms with E-state index in [1.807, 2.05) is 12.1 Å². The van der Waals surface area contributed by atoms with Gasteiger partial charge in [0, 0.05) is 17.5 Å². The fraction of sp³-hybridized carbons (Fsp3) is 0.368. The zero-order chi connectivity index (χ0) is 17.3. The maximum atomic E-state index is 12.6. The molecule has 0 saturated heterocycles. The maximum absolute atomic E-state index is 12.6. The molecule has 1 aromatic heterocycles. The van der Waals surface area contributed by atoms with E-state index in [0.29, 0.717) is 17.7 Å². The molecule has 1 aromatic carbocycles. The molecule has 24 heavy (non-hydrogen) atoms. The minimum absolute atomic E-state index is 0.00556. The molecule has 1 fully saturated rings. The van der Waals surface area contributed by atoms with E-state index in [4.69, 9.17) is 9.52 Å². The molecule has 126 valence electrons. The Morgan fingerprint density at radius 3 is 2.54 bits per heavy atom. The zero-order valence-electron chi connectivity index (χ0n) is 13.9. The minimum atomic E-state index is -1.02. The lowest BCUT2D eigenvalue weighted by Crippen LogP contribution is -2.33. The third-order valence-electron chi connectivity index (χ3n) is 4.75. The van der Waals surface area contributed by atoms with E-state index in [-0.39, 0.29) is 23.5 Å². The molecule has 5 nitrogen and oxygen atoms in total. The van der Waals surface area contributed by atoms with Gasteiger partial charge >= 0.3 is 5.97 Å². The van der Waals surface area contributed by atoms with Crippen LogP contribution in [0.1, 0.15) is 45.7 Å². The minimum Gasteiger partial charge on any atom is -0.481 e. The van der Waals surface area contributed by atoms with Crippen LogP contribution < -0.4 is 5.32 Å². The number of amides is 1. The number of aliphatic carboxylic acids is 1. The van der Waals surface area contributed by atoms with Crippen LogP contribution in [0.15, 0.2) is 34.9 Å². The van der Waals surface area contributed by atoms with E-state index >= 15 is 0 Å². The van der Waals surface area contributed by atoms with Crippen molar-refractivity contribution in [1.29, 1.82) is 0 Å². The SMILES string of the molecule is Cc1ccccc1C1(CNC(=O)c2c(C)coc2CC(=O)O)CC1. The highest BCUT2D eigenvalue weighted by Crippen LogP contribution is 2.48. The molecule has 1 amide bonds. The summed E-state index contributed by atoms with van der Waals surface area (Å²) in [5.41, 5.74) is 3.52. The second kappa shape index (κ2) is 6.15. The third kappa shape index (κ3) is 3.07. The molecule has 0 radical (unpaired) electrons. The van der Waals surface area contributed by atoms with Crippen molar-refractivity contribution in [2.75, 3.05) is 6.54 Å². The normalized spacial score (nSPS) is 15.1. The summed E-state index contributed by atoms with van der Waals surface area (Å²) in [5, 5.41) is 11.9. The Labute approximate surface area is 140 Å². The number of carboxylic acids is 1. The average Bonchev–Trinajstić information content (AvgIpc) is 3.23. The number of carbonyl (C=O) groups excluding carboxylic acids is 1. The molecule has 0 atom stereocenters. The first-order chi connectivity index (χ1) is 11.4. The van der Waals surface area contributed by atoms with Crippen LogP contribution in [0.5, 0.6) is 0 Å². The second-order valence-electron chi connectivity index (χ2n) is 6.57. The molecular formula is C19H21NO4. The van der Waals surface area contributed by atoms with Crippen molar-refractivity contribution in [3.05, 3.63) is 58.5 Å². The molecule has 0 spiro atoms. The molecule has 1 saturated carbocycles. The van der Waals surface area contributed by atoms with Gasteiger partial charge in [0.1, 0.15) is 12.2 Å². The number of carbonyl (C=O) groups is 2. The Morgan fingerprint density at radius 1 is 1.21 bits per heavy atom. The summed E-state index contributed by atoms with van der Waals surface area (Å²) in [6, 6.07) is 8.24. The molecule has 0 unspecified atom stereocenters. The van der Waals surface area contributed by atoms with Crippen molar-refractivity contribution in [3.8, 4) is 0 Å². The molecule has 2 aromatic rings. The number of furan rings is 1. The summed E-state index contributed by atoms with van der Waals surface area (Å²) >= 11 is 0. The first-order valence-corrected chi connectivity index (χ1v) is 8.06. The lowest BCUT2D eigenvalue weighted by molar-refractivity contribution is -0.136. The molecular weight excluding hydrogens is 306 g/mol. The smallest absolute Gasteiger partial charge is 0.311 e. The average molecular weight is 327 g/mol. The Hall–Kier alpha value is -2.56. The van der Waals surface area contributed by atoms with Gasteiger partial charge in [0.25, 0.3) is 5.91 Å². The van der Waals surface area contributed by atoms with Gasteiger partial charge in [-0.05, 0) is 37.8 Å². The van der Waals surface area contributed by atoms with Gasteiger partial charge in [-0.25, -0.2) is 0 Å². The van der Waals surface area contributed by atoms with Gasteiger partial charge < -0.3 is 14.8 Å². The number of nitrogens with one attached hydrogen (secondary N) is 1. The van der Waals surface area contributed by atoms with Gasteiger partial charge in [0.15, 0.2) is 0 Å². The van der Waals surface area contributed by atoms with Crippen LogP contribution >= 0.6 is 0 Å². The van der Waals surface area contributed by atoms with Gasteiger partial charge in [-0.3, -0.25) is 9.59 Å². The number of hydrogen-bond donors (Lipinski definition) is 2. The Morgan fingerprint density at radius 2 is 1.92 bits per heavy atom. The number of carboxylic acid groups (broad SMARTS) is 1. The number of rotatable bonds is 6. The van der Waals surface area contributed by atoms with E-state index in [2.05, 4.69) is 24.4 Å². The third-order valence-corrected chi connectivity index (χ3v) is 4.75. The van der Waals surface area contributed by atoms with Crippen molar-refractivity contribution in [1.82, 2.24) is 5.32 Å². The van der Waals surface area contributed by atoms with Gasteiger partial charge in [0.05, 0.1) is 11.8 Å². The monoisotopic (exact) mass is 327 g/mol. The topological polar surface area (TPSA) is 79.5 Å². The van der Waals surface area contributed by atoms with Crippen molar-refractivity contribution < 1.29 is 19.1 Å². The standard InChI is InChI=1S/C19H21NO4/c1-12-5-3-4-6-14(12)19(7-8-19)11-20-18(23)17-13(2)10-24-15(17)9-16(21)22/h3-6,10H,7-9,11H2,1-2H3,(H,20,23)(H,21,22). The molecule has 2 N–H and O–H groups in total. The molecule has 1 aliphatic rings. The van der Waals surface area contributed by atoms with E-state index in [1.54, 1.807) is 6.92 Å². The zero-order valence-corrected chi connectivity index (χ0v) is 13.9. The van der Waals surface area contributed by atoms with Crippen molar-refractivity contribution in [2.45, 2.75) is 38.5 Å². The lowest BCUT2D eigenvalue weighted by Gasteiger charge is -2.19. The second-order valence-corrected chi connectivity index (χ2v) is 6.57. The molecule has 5 heteroatoms. The molecule has 3 rings (SSSR count). The van der Waals surface area contributed by atoms with Gasteiger partial charge in [0.2, 0.25) is 0 Å². The maximum Gasteiger partial charge on any atom is 0.311 e. The van der Waals surface area contributed by atoms with E-state index in [1.165, 1.54) is 17.4 Å². The highest BCUT2D eigenvalue weighted by atomic mass is 16.4. The van der Waals surface area contributed by atoms with Crippen molar-refractivity contribution >= 4 is 11.9 Å². The van der Waals surface area contributed by atoms with Gasteiger partial charge in [-0.15, -0.1) is 0 Å². The molecule has 1 aliphatic carbocycles. The van der Waals surface area contributed by atoms with E-state index < -0.39 is 5.97 Å². The Balaban J connectivity index is 1.74. The summed E-state index contributed by atoms with van der Waals surface area (Å²) in [5.74, 6) is -1.08. The lowest BCUT2D eigenvalue weighted by atomic mass is 9.91. The van der Waals surface area contributed by atoms with Crippen molar-refractivity contribution in [3.63, 3.8) is 0 Å². The summed E-state index contributed by atoms with van der Waals surface area (Å²) in [4.78, 5) is 23.5. The first-order valence-electron chi connectivity index (χ1n) is 8.06. The number of benzene rings is 1. The summed E-state index contributed by atoms with van der Waals surface area (Å²) < 4.78 is 5.24. The van der Waals surface area contributed by atoms with Crippen LogP contribution in [-0.4, -0.2) is 23.5 Å². The fourth-order valence-corrected chi connectivity index (χ4v) is 3.27. The Kier molecular flexibility index (Phi) is 4.18. The van der Waals surface area contributed by atoms with Crippen molar-refractivity contribution in [2.24, 2.45) is 0 Å². The van der Waals surface area contributed by atoms with E-state index in [0.717, 1.165) is 12.8 Å². The molecule has 0 bridgehead atoms. The van der Waals surface area contributed by atoms with Crippen LogP contribution in [0.3, 0.4) is 0 Å². The molecule has 0 aliphatic heterocycles. The predicted octanol–water partition coefficient (Wildman–Crippen LogP) is 2.99. The van der Waals surface area contributed by atoms with Crippen LogP contribution in [-0.2, 0) is 16.6 Å².